The molecule has 4 nitrogen and oxygen atoms in total. The molecule has 0 radical (unpaired) electrons. The Kier molecular flexibility index (Phi) is 3.44. The van der Waals surface area contributed by atoms with Crippen molar-refractivity contribution in [1.29, 1.82) is 0 Å². The monoisotopic (exact) mass is 269 g/mol. The molecule has 0 aromatic carbocycles. The van der Waals surface area contributed by atoms with Crippen LogP contribution in [-0.2, 0) is 11.3 Å². The van der Waals surface area contributed by atoms with Crippen LogP contribution in [0.3, 0.4) is 0 Å². The van der Waals surface area contributed by atoms with Gasteiger partial charge >= 0.3 is 10.8 Å². The largest absolute Gasteiger partial charge is 0.481 e. The lowest BCUT2D eigenvalue weighted by molar-refractivity contribution is -0.137. The van der Waals surface area contributed by atoms with Crippen LogP contribution < -0.4 is 4.87 Å². The average Bonchev–Trinajstić information content (AvgIpc) is 2.82. The van der Waals surface area contributed by atoms with Crippen molar-refractivity contribution in [3.05, 3.63) is 32.1 Å². The fourth-order valence-electron chi connectivity index (χ4n) is 1.51. The highest BCUT2D eigenvalue weighted by atomic mass is 32.1. The molecule has 0 bridgehead atoms. The molecule has 0 fully saturated rings. The Bertz CT molecular complexity index is 594. The normalized spacial score (nSPS) is 10.6. The number of hydrogen-bond donors (Lipinski definition) is 1. The van der Waals surface area contributed by atoms with Gasteiger partial charge in [0, 0.05) is 16.8 Å². The third-order valence-electron chi connectivity index (χ3n) is 2.32. The summed E-state index contributed by atoms with van der Waals surface area (Å²) in [6.45, 7) is 2.23. The van der Waals surface area contributed by atoms with E-state index in [4.69, 9.17) is 5.11 Å². The van der Waals surface area contributed by atoms with Gasteiger partial charge in [-0.2, -0.15) is 0 Å². The predicted octanol–water partition coefficient (Wildman–Crippen LogP) is 2.42. The van der Waals surface area contributed by atoms with Gasteiger partial charge in [0.2, 0.25) is 0 Å². The number of hydrogen-bond acceptors (Lipinski definition) is 4. The highest BCUT2D eigenvalue weighted by molar-refractivity contribution is 7.15. The fourth-order valence-corrected chi connectivity index (χ4v) is 3.27. The van der Waals surface area contributed by atoms with Crippen molar-refractivity contribution >= 4 is 28.6 Å². The Morgan fingerprint density at radius 3 is 2.82 bits per heavy atom. The molecule has 0 aliphatic carbocycles. The summed E-state index contributed by atoms with van der Waals surface area (Å²) in [6, 6.07) is 3.95. The van der Waals surface area contributed by atoms with Gasteiger partial charge < -0.3 is 5.11 Å². The van der Waals surface area contributed by atoms with Gasteiger partial charge in [0.15, 0.2) is 0 Å². The molecule has 0 aliphatic rings. The Morgan fingerprint density at radius 1 is 1.47 bits per heavy atom. The maximum atomic E-state index is 11.6. The molecular formula is C11H11NO3S2. The van der Waals surface area contributed by atoms with E-state index in [-0.39, 0.29) is 17.8 Å². The SMILES string of the molecule is Cc1ccc(-c2csc(=O)n2CCC(=O)O)s1. The zero-order chi connectivity index (χ0) is 12.4. The molecule has 2 aromatic heterocycles. The first-order chi connectivity index (χ1) is 8.08. The second kappa shape index (κ2) is 4.85. The summed E-state index contributed by atoms with van der Waals surface area (Å²) >= 11 is 2.71. The maximum absolute atomic E-state index is 11.6. The molecular weight excluding hydrogens is 258 g/mol. The van der Waals surface area contributed by atoms with Crippen molar-refractivity contribution in [2.24, 2.45) is 0 Å². The fraction of sp³-hybridized carbons (Fsp3) is 0.273. The van der Waals surface area contributed by atoms with Gasteiger partial charge in [-0.1, -0.05) is 11.3 Å². The van der Waals surface area contributed by atoms with Crippen molar-refractivity contribution in [3.8, 4) is 10.6 Å². The number of thiophene rings is 1. The quantitative estimate of drug-likeness (QED) is 0.927. The summed E-state index contributed by atoms with van der Waals surface area (Å²) in [4.78, 5) is 24.2. The molecule has 2 rings (SSSR count). The number of carbonyl (C=O) groups is 1. The first-order valence-electron chi connectivity index (χ1n) is 5.05. The van der Waals surface area contributed by atoms with Crippen LogP contribution in [0.25, 0.3) is 10.6 Å². The Hall–Kier alpha value is -1.40. The van der Waals surface area contributed by atoms with E-state index in [0.717, 1.165) is 21.9 Å². The molecule has 1 N–H and O–H groups in total. The summed E-state index contributed by atoms with van der Waals surface area (Å²) in [5, 5.41) is 10.4. The third-order valence-corrected chi connectivity index (χ3v) is 4.11. The minimum absolute atomic E-state index is 0.0337. The molecule has 2 heterocycles. The number of aromatic nitrogens is 1. The van der Waals surface area contributed by atoms with E-state index in [2.05, 4.69) is 0 Å². The molecule has 2 aromatic rings. The van der Waals surface area contributed by atoms with E-state index in [0.29, 0.717) is 0 Å². The van der Waals surface area contributed by atoms with Gasteiger partial charge in [-0.15, -0.1) is 11.3 Å². The summed E-state index contributed by atoms with van der Waals surface area (Å²) in [6.07, 6.45) is -0.0337. The van der Waals surface area contributed by atoms with Crippen LogP contribution in [-0.4, -0.2) is 15.6 Å². The molecule has 0 unspecified atom stereocenters. The van der Waals surface area contributed by atoms with E-state index >= 15 is 0 Å². The van der Waals surface area contributed by atoms with Gasteiger partial charge in [0.25, 0.3) is 0 Å². The number of rotatable bonds is 4. The molecule has 0 aliphatic heterocycles. The number of carboxylic acid groups (broad SMARTS) is 1. The Morgan fingerprint density at radius 2 is 2.24 bits per heavy atom. The van der Waals surface area contributed by atoms with Crippen LogP contribution >= 0.6 is 22.7 Å². The molecule has 6 heteroatoms. The van der Waals surface area contributed by atoms with E-state index in [1.807, 2.05) is 19.1 Å². The molecule has 0 amide bonds. The minimum Gasteiger partial charge on any atom is -0.481 e. The second-order valence-corrected chi connectivity index (χ2v) is 5.70. The molecule has 0 saturated heterocycles. The average molecular weight is 269 g/mol. The van der Waals surface area contributed by atoms with Crippen LogP contribution in [0.15, 0.2) is 22.3 Å². The lowest BCUT2D eigenvalue weighted by atomic mass is 10.3. The smallest absolute Gasteiger partial charge is 0.307 e. The van der Waals surface area contributed by atoms with Crippen LogP contribution in [0, 0.1) is 6.92 Å². The van der Waals surface area contributed by atoms with Crippen LogP contribution in [0.2, 0.25) is 0 Å². The van der Waals surface area contributed by atoms with Gasteiger partial charge in [0.1, 0.15) is 0 Å². The van der Waals surface area contributed by atoms with Gasteiger partial charge in [-0.3, -0.25) is 14.2 Å². The van der Waals surface area contributed by atoms with Crippen molar-refractivity contribution in [3.63, 3.8) is 0 Å². The van der Waals surface area contributed by atoms with Gasteiger partial charge in [-0.05, 0) is 19.1 Å². The zero-order valence-corrected chi connectivity index (χ0v) is 10.8. The van der Waals surface area contributed by atoms with Crippen LogP contribution in [0.1, 0.15) is 11.3 Å². The Labute approximate surface area is 106 Å². The summed E-state index contributed by atoms with van der Waals surface area (Å²) < 4.78 is 1.53. The number of carboxylic acids is 1. The highest BCUT2D eigenvalue weighted by Gasteiger charge is 2.11. The molecule has 17 heavy (non-hydrogen) atoms. The summed E-state index contributed by atoms with van der Waals surface area (Å²) in [5.74, 6) is -0.892. The first kappa shape index (κ1) is 12.1. The lowest BCUT2D eigenvalue weighted by Gasteiger charge is -2.03. The molecule has 0 atom stereocenters. The summed E-state index contributed by atoms with van der Waals surface area (Å²) in [7, 11) is 0. The van der Waals surface area contributed by atoms with Crippen LogP contribution in [0.4, 0.5) is 0 Å². The van der Waals surface area contributed by atoms with Crippen molar-refractivity contribution < 1.29 is 9.90 Å². The number of nitrogens with zero attached hydrogens (tertiary/aromatic N) is 1. The maximum Gasteiger partial charge on any atom is 0.307 e. The minimum atomic E-state index is -0.892. The van der Waals surface area contributed by atoms with E-state index in [1.165, 1.54) is 9.44 Å². The van der Waals surface area contributed by atoms with Crippen LogP contribution in [0.5, 0.6) is 0 Å². The van der Waals surface area contributed by atoms with Crippen molar-refractivity contribution in [2.75, 3.05) is 0 Å². The number of thiazole rings is 1. The predicted molar refractivity (Wildman–Crippen MR) is 68.9 cm³/mol. The summed E-state index contributed by atoms with van der Waals surface area (Å²) in [5.41, 5.74) is 0.819. The number of aryl methyl sites for hydroxylation is 1. The zero-order valence-electron chi connectivity index (χ0n) is 9.17. The van der Waals surface area contributed by atoms with Crippen molar-refractivity contribution in [2.45, 2.75) is 19.9 Å². The van der Waals surface area contributed by atoms with Gasteiger partial charge in [-0.25, -0.2) is 0 Å². The lowest BCUT2D eigenvalue weighted by Crippen LogP contribution is -2.16. The van der Waals surface area contributed by atoms with E-state index in [9.17, 15) is 9.59 Å². The number of aliphatic carboxylic acids is 1. The molecule has 0 spiro atoms. The molecule has 0 saturated carbocycles. The first-order valence-corrected chi connectivity index (χ1v) is 6.74. The Balaban J connectivity index is 2.35. The van der Waals surface area contributed by atoms with Gasteiger partial charge in [0.05, 0.1) is 17.0 Å². The molecule has 90 valence electrons. The third kappa shape index (κ3) is 2.65. The van der Waals surface area contributed by atoms with Crippen molar-refractivity contribution in [1.82, 2.24) is 4.57 Å². The van der Waals surface area contributed by atoms with E-state index in [1.54, 1.807) is 16.7 Å². The topological polar surface area (TPSA) is 59.3 Å². The van der Waals surface area contributed by atoms with E-state index < -0.39 is 5.97 Å². The standard InChI is InChI=1S/C11H11NO3S2/c1-7-2-3-9(17-7)8-6-16-11(15)12(8)5-4-10(13)14/h2-3,6H,4-5H2,1H3,(H,13,14). The highest BCUT2D eigenvalue weighted by Crippen LogP contribution is 2.28. The second-order valence-electron chi connectivity index (χ2n) is 3.59.